The van der Waals surface area contributed by atoms with Gasteiger partial charge < -0.3 is 0 Å². The highest BCUT2D eigenvalue weighted by molar-refractivity contribution is 9.10. The normalized spacial score (nSPS) is 11.3. The van der Waals surface area contributed by atoms with Crippen LogP contribution >= 0.6 is 15.9 Å². The van der Waals surface area contributed by atoms with Crippen LogP contribution in [0.1, 0.15) is 11.1 Å². The van der Waals surface area contributed by atoms with Gasteiger partial charge in [-0.2, -0.15) is 0 Å². The molecule has 0 amide bonds. The Morgan fingerprint density at radius 2 is 1.95 bits per heavy atom. The van der Waals surface area contributed by atoms with E-state index in [-0.39, 0.29) is 5.75 Å². The second kappa shape index (κ2) is 6.37. The summed E-state index contributed by atoms with van der Waals surface area (Å²) in [6, 6.07) is 11.4. The van der Waals surface area contributed by atoms with Crippen molar-refractivity contribution in [1.29, 1.82) is 0 Å². The fourth-order valence-corrected chi connectivity index (χ4v) is 3.30. The Labute approximate surface area is 127 Å². The minimum absolute atomic E-state index is 0.0359. The van der Waals surface area contributed by atoms with Crippen LogP contribution in [0.2, 0.25) is 0 Å². The number of rotatable bonds is 5. The largest absolute Gasteiger partial charge is 0.267 e. The third-order valence-corrected chi connectivity index (χ3v) is 4.48. The molecule has 0 spiro atoms. The van der Waals surface area contributed by atoms with Crippen LogP contribution in [0.3, 0.4) is 0 Å². The lowest BCUT2D eigenvalue weighted by Crippen LogP contribution is -2.19. The zero-order valence-corrected chi connectivity index (χ0v) is 13.4. The Balaban J connectivity index is 2.04. The molecule has 1 N–H and O–H groups in total. The quantitative estimate of drug-likeness (QED) is 0.897. The lowest BCUT2D eigenvalue weighted by Gasteiger charge is -2.09. The molecule has 106 valence electrons. The highest BCUT2D eigenvalue weighted by atomic mass is 79.9. The van der Waals surface area contributed by atoms with Crippen LogP contribution in [0.15, 0.2) is 47.1 Å². The van der Waals surface area contributed by atoms with Crippen LogP contribution in [0.25, 0.3) is 0 Å². The minimum Gasteiger partial charge on any atom is -0.267 e. The fourth-order valence-electron chi connectivity index (χ4n) is 1.74. The summed E-state index contributed by atoms with van der Waals surface area (Å²) in [5.74, 6) is 0.412. The first-order chi connectivity index (χ1) is 9.46. The van der Waals surface area contributed by atoms with Crippen LogP contribution in [0.4, 0.5) is 5.82 Å². The molecule has 1 aromatic carbocycles. The van der Waals surface area contributed by atoms with Crippen molar-refractivity contribution in [3.8, 4) is 0 Å². The summed E-state index contributed by atoms with van der Waals surface area (Å²) in [5, 5.41) is 0. The maximum atomic E-state index is 12.0. The number of aryl methyl sites for hydroxylation is 2. The second-order valence-corrected chi connectivity index (χ2v) is 7.23. The zero-order valence-electron chi connectivity index (χ0n) is 11.0. The summed E-state index contributed by atoms with van der Waals surface area (Å²) >= 11 is 3.30. The van der Waals surface area contributed by atoms with E-state index in [1.807, 2.05) is 43.3 Å². The third kappa shape index (κ3) is 4.31. The molecule has 6 heteroatoms. The van der Waals surface area contributed by atoms with Gasteiger partial charge in [0.05, 0.1) is 5.75 Å². The van der Waals surface area contributed by atoms with Gasteiger partial charge in [-0.25, -0.2) is 13.4 Å². The van der Waals surface area contributed by atoms with E-state index in [1.165, 1.54) is 0 Å². The van der Waals surface area contributed by atoms with E-state index < -0.39 is 10.0 Å². The Kier molecular flexibility index (Phi) is 4.77. The highest BCUT2D eigenvalue weighted by Gasteiger charge is 2.13. The highest BCUT2D eigenvalue weighted by Crippen LogP contribution is 2.18. The predicted octanol–water partition coefficient (Wildman–Crippen LogP) is 3.14. The lowest BCUT2D eigenvalue weighted by atomic mass is 10.2. The maximum Gasteiger partial charge on any atom is 0.234 e. The van der Waals surface area contributed by atoms with Crippen molar-refractivity contribution in [2.24, 2.45) is 0 Å². The van der Waals surface area contributed by atoms with Crippen LogP contribution in [-0.4, -0.2) is 19.2 Å². The van der Waals surface area contributed by atoms with Gasteiger partial charge in [0, 0.05) is 10.7 Å². The molecule has 0 saturated carbocycles. The molecule has 20 heavy (non-hydrogen) atoms. The summed E-state index contributed by atoms with van der Waals surface area (Å²) in [6.07, 6.45) is 2.05. The summed E-state index contributed by atoms with van der Waals surface area (Å²) in [5.41, 5.74) is 1.78. The van der Waals surface area contributed by atoms with Crippen molar-refractivity contribution in [3.63, 3.8) is 0 Å². The summed E-state index contributed by atoms with van der Waals surface area (Å²) < 4.78 is 27.4. The molecule has 0 aliphatic rings. The molecule has 1 aromatic heterocycles. The molecule has 0 saturated heterocycles. The molecule has 0 aliphatic carbocycles. The Hall–Kier alpha value is -1.40. The SMILES string of the molecule is Cc1cc(Br)cnc1NS(=O)(=O)CCc1ccccc1. The molecule has 2 rings (SSSR count). The van der Waals surface area contributed by atoms with Crippen molar-refractivity contribution in [3.05, 3.63) is 58.2 Å². The van der Waals surface area contributed by atoms with Gasteiger partial charge >= 0.3 is 0 Å². The van der Waals surface area contributed by atoms with Gasteiger partial charge in [0.1, 0.15) is 5.82 Å². The molecule has 0 unspecified atom stereocenters. The Morgan fingerprint density at radius 1 is 1.25 bits per heavy atom. The fraction of sp³-hybridized carbons (Fsp3) is 0.214. The van der Waals surface area contributed by atoms with E-state index in [0.29, 0.717) is 12.2 Å². The van der Waals surface area contributed by atoms with Gasteiger partial charge in [-0.15, -0.1) is 0 Å². The monoisotopic (exact) mass is 354 g/mol. The molecule has 0 aliphatic heterocycles. The first-order valence-corrected chi connectivity index (χ1v) is 8.57. The van der Waals surface area contributed by atoms with Crippen molar-refractivity contribution in [2.45, 2.75) is 13.3 Å². The number of nitrogens with zero attached hydrogens (tertiary/aromatic N) is 1. The van der Waals surface area contributed by atoms with Crippen molar-refractivity contribution < 1.29 is 8.42 Å². The first-order valence-electron chi connectivity index (χ1n) is 6.13. The van der Waals surface area contributed by atoms with E-state index in [4.69, 9.17) is 0 Å². The van der Waals surface area contributed by atoms with Gasteiger partial charge in [-0.05, 0) is 46.5 Å². The average molecular weight is 355 g/mol. The maximum absolute atomic E-state index is 12.0. The van der Waals surface area contributed by atoms with Crippen molar-refractivity contribution in [2.75, 3.05) is 10.5 Å². The average Bonchev–Trinajstić information content (AvgIpc) is 2.41. The van der Waals surface area contributed by atoms with Gasteiger partial charge in [0.2, 0.25) is 10.0 Å². The van der Waals surface area contributed by atoms with Gasteiger partial charge in [0.25, 0.3) is 0 Å². The number of anilines is 1. The number of hydrogen-bond acceptors (Lipinski definition) is 3. The van der Waals surface area contributed by atoms with Crippen LogP contribution in [0.5, 0.6) is 0 Å². The molecule has 1 heterocycles. The summed E-state index contributed by atoms with van der Waals surface area (Å²) in [4.78, 5) is 4.08. The zero-order chi connectivity index (χ0) is 14.6. The number of hydrogen-bond donors (Lipinski definition) is 1. The minimum atomic E-state index is -3.40. The van der Waals surface area contributed by atoms with E-state index in [0.717, 1.165) is 15.6 Å². The van der Waals surface area contributed by atoms with E-state index >= 15 is 0 Å². The van der Waals surface area contributed by atoms with E-state index in [9.17, 15) is 8.42 Å². The number of halogens is 1. The van der Waals surface area contributed by atoms with Crippen LogP contribution < -0.4 is 4.72 Å². The Bertz CT molecular complexity index is 688. The molecule has 0 atom stereocenters. The third-order valence-electron chi connectivity index (χ3n) is 2.80. The molecular formula is C14H15BrN2O2S. The predicted molar refractivity (Wildman–Crippen MR) is 84.2 cm³/mol. The number of benzene rings is 1. The van der Waals surface area contributed by atoms with Gasteiger partial charge in [0.15, 0.2) is 0 Å². The molecule has 0 fully saturated rings. The first kappa shape index (κ1) is 15.0. The lowest BCUT2D eigenvalue weighted by molar-refractivity contribution is 0.600. The molecule has 0 radical (unpaired) electrons. The van der Waals surface area contributed by atoms with Gasteiger partial charge in [-0.3, -0.25) is 4.72 Å². The van der Waals surface area contributed by atoms with Crippen LogP contribution in [0, 0.1) is 6.92 Å². The summed E-state index contributed by atoms with van der Waals surface area (Å²) in [7, 11) is -3.40. The number of pyridine rings is 1. The topological polar surface area (TPSA) is 59.1 Å². The van der Waals surface area contributed by atoms with Crippen molar-refractivity contribution in [1.82, 2.24) is 4.98 Å². The molecular weight excluding hydrogens is 340 g/mol. The van der Waals surface area contributed by atoms with Crippen molar-refractivity contribution >= 4 is 31.8 Å². The molecule has 0 bridgehead atoms. The smallest absolute Gasteiger partial charge is 0.234 e. The second-order valence-electron chi connectivity index (χ2n) is 4.48. The van der Waals surface area contributed by atoms with Crippen LogP contribution in [-0.2, 0) is 16.4 Å². The molecule has 4 nitrogen and oxygen atoms in total. The number of aromatic nitrogens is 1. The number of sulfonamides is 1. The van der Waals surface area contributed by atoms with E-state index in [1.54, 1.807) is 6.20 Å². The molecule has 2 aromatic rings. The Morgan fingerprint density at radius 3 is 2.60 bits per heavy atom. The summed E-state index contributed by atoms with van der Waals surface area (Å²) in [6.45, 7) is 1.81. The van der Waals surface area contributed by atoms with Gasteiger partial charge in [-0.1, -0.05) is 30.3 Å². The standard InChI is InChI=1S/C14H15BrN2O2S/c1-11-9-13(15)10-16-14(11)17-20(18,19)8-7-12-5-3-2-4-6-12/h2-6,9-10H,7-8H2,1H3,(H,16,17). The number of nitrogens with one attached hydrogen (secondary N) is 1. The van der Waals surface area contributed by atoms with E-state index in [2.05, 4.69) is 25.6 Å².